The second kappa shape index (κ2) is 6.38. The Morgan fingerprint density at radius 2 is 2.45 bits per heavy atom. The highest BCUT2D eigenvalue weighted by atomic mass is 16.5. The molecule has 110 valence electrons. The summed E-state index contributed by atoms with van der Waals surface area (Å²) in [5, 5.41) is 18.1. The second-order valence-electron chi connectivity index (χ2n) is 4.71. The van der Waals surface area contributed by atoms with E-state index in [4.69, 9.17) is 9.84 Å². The molecule has 8 nitrogen and oxygen atoms in total. The zero-order valence-electron chi connectivity index (χ0n) is 11.2. The Morgan fingerprint density at radius 3 is 3.00 bits per heavy atom. The third-order valence-corrected chi connectivity index (χ3v) is 3.09. The number of hydrogen-bond donors (Lipinski definition) is 3. The van der Waals surface area contributed by atoms with E-state index in [0.29, 0.717) is 18.7 Å². The van der Waals surface area contributed by atoms with Crippen LogP contribution in [0.2, 0.25) is 0 Å². The van der Waals surface area contributed by atoms with Crippen molar-refractivity contribution in [1.29, 1.82) is 0 Å². The number of rotatable bonds is 5. The molecule has 2 amide bonds. The molecule has 1 saturated heterocycles. The molecule has 1 fully saturated rings. The molecule has 8 heteroatoms. The number of ether oxygens (including phenoxy) is 1. The van der Waals surface area contributed by atoms with Gasteiger partial charge in [0.15, 0.2) is 6.04 Å². The lowest BCUT2D eigenvalue weighted by atomic mass is 10.1. The van der Waals surface area contributed by atoms with Crippen LogP contribution in [0.15, 0.2) is 12.4 Å². The predicted molar refractivity (Wildman–Crippen MR) is 69.1 cm³/mol. The molecule has 1 aromatic heterocycles. The van der Waals surface area contributed by atoms with Gasteiger partial charge in [-0.1, -0.05) is 0 Å². The minimum atomic E-state index is -1.13. The van der Waals surface area contributed by atoms with Crippen molar-refractivity contribution in [2.75, 3.05) is 13.2 Å². The minimum absolute atomic E-state index is 0.0161. The van der Waals surface area contributed by atoms with E-state index in [-0.39, 0.29) is 6.10 Å². The van der Waals surface area contributed by atoms with E-state index >= 15 is 0 Å². The fraction of sp³-hybridized carbons (Fsp3) is 0.583. The van der Waals surface area contributed by atoms with Crippen LogP contribution in [-0.4, -0.2) is 46.1 Å². The molecule has 0 radical (unpaired) electrons. The number of nitrogens with one attached hydrogen (secondary N) is 2. The van der Waals surface area contributed by atoms with E-state index < -0.39 is 18.0 Å². The van der Waals surface area contributed by atoms with E-state index in [1.54, 1.807) is 13.2 Å². The van der Waals surface area contributed by atoms with Crippen LogP contribution in [0, 0.1) is 0 Å². The van der Waals surface area contributed by atoms with Crippen LogP contribution in [0.5, 0.6) is 0 Å². The van der Waals surface area contributed by atoms with Crippen LogP contribution in [0.4, 0.5) is 4.79 Å². The van der Waals surface area contributed by atoms with Gasteiger partial charge in [-0.05, 0) is 12.8 Å². The Labute approximate surface area is 116 Å². The molecule has 2 unspecified atom stereocenters. The summed E-state index contributed by atoms with van der Waals surface area (Å²) in [5.74, 6) is -1.13. The van der Waals surface area contributed by atoms with Gasteiger partial charge in [-0.25, -0.2) is 9.59 Å². The molecule has 2 atom stereocenters. The van der Waals surface area contributed by atoms with Crippen molar-refractivity contribution in [3.8, 4) is 0 Å². The van der Waals surface area contributed by atoms with E-state index in [9.17, 15) is 9.59 Å². The topological polar surface area (TPSA) is 105 Å². The summed E-state index contributed by atoms with van der Waals surface area (Å²) in [6.45, 7) is 1.09. The smallest absolute Gasteiger partial charge is 0.331 e. The van der Waals surface area contributed by atoms with Gasteiger partial charge in [0.05, 0.1) is 12.3 Å². The molecule has 1 aliphatic heterocycles. The monoisotopic (exact) mass is 282 g/mol. The van der Waals surface area contributed by atoms with Gasteiger partial charge in [-0.15, -0.1) is 0 Å². The van der Waals surface area contributed by atoms with Crippen molar-refractivity contribution in [1.82, 2.24) is 20.4 Å². The van der Waals surface area contributed by atoms with Gasteiger partial charge in [0.2, 0.25) is 0 Å². The molecule has 0 saturated carbocycles. The van der Waals surface area contributed by atoms with Gasteiger partial charge in [-0.3, -0.25) is 4.68 Å². The number of hydrogen-bond acceptors (Lipinski definition) is 4. The molecule has 20 heavy (non-hydrogen) atoms. The number of amides is 2. The fourth-order valence-electron chi connectivity index (χ4n) is 2.07. The van der Waals surface area contributed by atoms with Crippen molar-refractivity contribution in [3.63, 3.8) is 0 Å². The third kappa shape index (κ3) is 3.70. The number of nitrogens with zero attached hydrogens (tertiary/aromatic N) is 2. The van der Waals surface area contributed by atoms with Crippen molar-refractivity contribution >= 4 is 12.0 Å². The number of aryl methyl sites for hydroxylation is 1. The number of carbonyl (C=O) groups is 2. The van der Waals surface area contributed by atoms with E-state index in [2.05, 4.69) is 15.7 Å². The first-order valence-electron chi connectivity index (χ1n) is 6.43. The van der Waals surface area contributed by atoms with Gasteiger partial charge in [0.25, 0.3) is 0 Å². The molecular formula is C12H18N4O4. The zero-order chi connectivity index (χ0) is 14.5. The largest absolute Gasteiger partial charge is 0.479 e. The lowest BCUT2D eigenvalue weighted by molar-refractivity contribution is -0.139. The van der Waals surface area contributed by atoms with Crippen LogP contribution >= 0.6 is 0 Å². The van der Waals surface area contributed by atoms with E-state index in [1.165, 1.54) is 10.9 Å². The quantitative estimate of drug-likeness (QED) is 0.706. The lowest BCUT2D eigenvalue weighted by Crippen LogP contribution is -2.43. The summed E-state index contributed by atoms with van der Waals surface area (Å²) in [6, 6.07) is -1.65. The van der Waals surface area contributed by atoms with Crippen LogP contribution in [-0.2, 0) is 16.6 Å². The lowest BCUT2D eigenvalue weighted by Gasteiger charge is -2.15. The van der Waals surface area contributed by atoms with Crippen molar-refractivity contribution in [2.24, 2.45) is 7.05 Å². The number of aliphatic carboxylic acids is 1. The maximum Gasteiger partial charge on any atom is 0.331 e. The standard InChI is InChI=1S/C12H18N4O4/c1-16-7-8(5-14-16)10(11(17)18)15-12(19)13-6-9-3-2-4-20-9/h5,7,9-10H,2-4,6H2,1H3,(H,17,18)(H2,13,15,19). The Kier molecular flexibility index (Phi) is 4.57. The van der Waals surface area contributed by atoms with Gasteiger partial charge < -0.3 is 20.5 Å². The van der Waals surface area contributed by atoms with Crippen LogP contribution < -0.4 is 10.6 Å². The SMILES string of the molecule is Cn1cc(C(NC(=O)NCC2CCCO2)C(=O)O)cn1. The van der Waals surface area contributed by atoms with Gasteiger partial charge in [0.1, 0.15) is 0 Å². The molecule has 0 aromatic carbocycles. The minimum Gasteiger partial charge on any atom is -0.479 e. The number of carboxylic acids is 1. The number of aromatic nitrogens is 2. The Balaban J connectivity index is 1.87. The van der Waals surface area contributed by atoms with Crippen molar-refractivity contribution in [2.45, 2.75) is 25.0 Å². The zero-order valence-corrected chi connectivity index (χ0v) is 11.2. The summed E-state index contributed by atoms with van der Waals surface area (Å²) >= 11 is 0. The Hall–Kier alpha value is -2.09. The summed E-state index contributed by atoms with van der Waals surface area (Å²) in [4.78, 5) is 22.9. The third-order valence-electron chi connectivity index (χ3n) is 3.09. The normalized spacial score (nSPS) is 19.6. The number of urea groups is 1. The molecule has 0 spiro atoms. The molecule has 1 aliphatic rings. The molecule has 0 bridgehead atoms. The summed E-state index contributed by atoms with van der Waals surface area (Å²) in [6.07, 6.45) is 4.88. The molecular weight excluding hydrogens is 264 g/mol. The first-order valence-corrected chi connectivity index (χ1v) is 6.43. The van der Waals surface area contributed by atoms with E-state index in [0.717, 1.165) is 12.8 Å². The first kappa shape index (κ1) is 14.3. The maximum absolute atomic E-state index is 11.7. The van der Waals surface area contributed by atoms with Gasteiger partial charge in [0, 0.05) is 32.0 Å². The highest BCUT2D eigenvalue weighted by Gasteiger charge is 2.24. The Morgan fingerprint density at radius 1 is 1.65 bits per heavy atom. The molecule has 1 aromatic rings. The molecule has 0 aliphatic carbocycles. The number of carboxylic acid groups (broad SMARTS) is 1. The van der Waals surface area contributed by atoms with Crippen LogP contribution in [0.25, 0.3) is 0 Å². The summed E-state index contributed by atoms with van der Waals surface area (Å²) < 4.78 is 6.85. The van der Waals surface area contributed by atoms with Crippen molar-refractivity contribution < 1.29 is 19.4 Å². The molecule has 2 rings (SSSR count). The van der Waals surface area contributed by atoms with E-state index in [1.807, 2.05) is 0 Å². The summed E-state index contributed by atoms with van der Waals surface area (Å²) in [7, 11) is 1.68. The first-order chi connectivity index (χ1) is 9.56. The highest BCUT2D eigenvalue weighted by molar-refractivity contribution is 5.83. The fourth-order valence-corrected chi connectivity index (χ4v) is 2.07. The maximum atomic E-state index is 11.7. The molecule has 3 N–H and O–H groups in total. The average molecular weight is 282 g/mol. The van der Waals surface area contributed by atoms with Crippen LogP contribution in [0.3, 0.4) is 0 Å². The van der Waals surface area contributed by atoms with Gasteiger partial charge in [-0.2, -0.15) is 5.10 Å². The van der Waals surface area contributed by atoms with Crippen molar-refractivity contribution in [3.05, 3.63) is 18.0 Å². The summed E-state index contributed by atoms with van der Waals surface area (Å²) in [5.41, 5.74) is 0.423. The molecule has 2 heterocycles. The van der Waals surface area contributed by atoms with Gasteiger partial charge >= 0.3 is 12.0 Å². The second-order valence-corrected chi connectivity index (χ2v) is 4.71. The highest BCUT2D eigenvalue weighted by Crippen LogP contribution is 2.12. The Bertz CT molecular complexity index is 482. The predicted octanol–water partition coefficient (Wildman–Crippen LogP) is 0.0240. The number of carbonyl (C=O) groups excluding carboxylic acids is 1. The average Bonchev–Trinajstić information content (AvgIpc) is 3.04. The van der Waals surface area contributed by atoms with Crippen LogP contribution in [0.1, 0.15) is 24.4 Å².